The van der Waals surface area contributed by atoms with Crippen molar-refractivity contribution >= 4 is 46.2 Å². The van der Waals surface area contributed by atoms with Crippen LogP contribution in [-0.4, -0.2) is 47.0 Å². The minimum Gasteiger partial charge on any atom is -0.363 e. The number of hydrogen-bond acceptors (Lipinski definition) is 5. The normalized spacial score (nSPS) is 13.8. The van der Waals surface area contributed by atoms with Crippen LogP contribution in [0.3, 0.4) is 0 Å². The van der Waals surface area contributed by atoms with Gasteiger partial charge in [-0.05, 0) is 25.2 Å². The molecule has 32 heavy (non-hydrogen) atoms. The molecule has 0 bridgehead atoms. The summed E-state index contributed by atoms with van der Waals surface area (Å²) in [4.78, 5) is 25.6. The molecule has 1 heterocycles. The van der Waals surface area contributed by atoms with Crippen LogP contribution in [0.15, 0.2) is 18.2 Å². The number of nitrogens with zero attached hydrogens (tertiary/aromatic N) is 3. The van der Waals surface area contributed by atoms with Crippen LogP contribution in [-0.2, 0) is 0 Å². The number of piperazine rings is 1. The fourth-order valence-electron chi connectivity index (χ4n) is 3.31. The Morgan fingerprint density at radius 3 is 2.19 bits per heavy atom. The van der Waals surface area contributed by atoms with Crippen molar-refractivity contribution in [1.29, 1.82) is 0 Å². The van der Waals surface area contributed by atoms with Crippen molar-refractivity contribution < 1.29 is 27.3 Å². The van der Waals surface area contributed by atoms with Crippen LogP contribution < -0.4 is 10.2 Å². The van der Waals surface area contributed by atoms with Gasteiger partial charge in [0.15, 0.2) is 28.4 Å². The van der Waals surface area contributed by atoms with E-state index in [1.54, 1.807) is 0 Å². The molecule has 1 amide bonds. The second-order valence-corrected chi connectivity index (χ2v) is 7.62. The smallest absolute Gasteiger partial charge is 0.273 e. The summed E-state index contributed by atoms with van der Waals surface area (Å²) < 4.78 is 55.8. The summed E-state index contributed by atoms with van der Waals surface area (Å²) in [5.74, 6) is -7.22. The molecule has 0 aromatic heterocycles. The number of nitro groups is 1. The van der Waals surface area contributed by atoms with Gasteiger partial charge in [-0.2, -0.15) is 0 Å². The maximum absolute atomic E-state index is 14.2. The molecular weight excluding hydrogens is 476 g/mol. The summed E-state index contributed by atoms with van der Waals surface area (Å²) in [6.45, 7) is 1.48. The number of hydrogen-bond donors (Lipinski definition) is 1. The van der Waals surface area contributed by atoms with E-state index in [4.69, 9.17) is 23.8 Å². The lowest BCUT2D eigenvalue weighted by molar-refractivity contribution is -0.385. The van der Waals surface area contributed by atoms with E-state index < -0.39 is 44.8 Å². The molecule has 2 aromatic carbocycles. The van der Waals surface area contributed by atoms with E-state index in [-0.39, 0.29) is 48.1 Å². The molecule has 13 heteroatoms. The first-order valence-electron chi connectivity index (χ1n) is 9.15. The van der Waals surface area contributed by atoms with Gasteiger partial charge in [0.2, 0.25) is 0 Å². The minimum absolute atomic E-state index is 0.00466. The predicted molar refractivity (Wildman–Crippen MR) is 113 cm³/mol. The van der Waals surface area contributed by atoms with Crippen molar-refractivity contribution in [3.05, 3.63) is 67.7 Å². The topological polar surface area (TPSA) is 78.7 Å². The summed E-state index contributed by atoms with van der Waals surface area (Å²) in [5, 5.41) is 12.3. The van der Waals surface area contributed by atoms with E-state index in [1.165, 1.54) is 30.0 Å². The quantitative estimate of drug-likeness (QED) is 0.175. The van der Waals surface area contributed by atoms with Crippen molar-refractivity contribution in [2.24, 2.45) is 0 Å². The Morgan fingerprint density at radius 2 is 1.66 bits per heavy atom. The number of rotatable bonds is 3. The Morgan fingerprint density at radius 1 is 1.09 bits per heavy atom. The highest BCUT2D eigenvalue weighted by molar-refractivity contribution is 7.80. The van der Waals surface area contributed by atoms with Crippen LogP contribution >= 0.6 is 23.8 Å². The second kappa shape index (κ2) is 9.25. The Balaban J connectivity index is 1.69. The molecule has 2 aromatic rings. The van der Waals surface area contributed by atoms with Gasteiger partial charge in [0.05, 0.1) is 4.92 Å². The Kier molecular flexibility index (Phi) is 6.84. The van der Waals surface area contributed by atoms with E-state index in [0.717, 1.165) is 4.90 Å². The van der Waals surface area contributed by atoms with Crippen LogP contribution in [0.2, 0.25) is 5.02 Å². The Labute approximate surface area is 189 Å². The third-order valence-corrected chi connectivity index (χ3v) is 5.73. The van der Waals surface area contributed by atoms with E-state index in [2.05, 4.69) is 5.32 Å². The first-order valence-corrected chi connectivity index (χ1v) is 9.93. The van der Waals surface area contributed by atoms with E-state index >= 15 is 0 Å². The maximum atomic E-state index is 14.2. The van der Waals surface area contributed by atoms with Gasteiger partial charge in [-0.15, -0.1) is 0 Å². The monoisotopic (exact) mass is 490 g/mol. The fraction of sp³-hybridized carbons (Fsp3) is 0.263. The number of nitro benzene ring substituents is 1. The number of anilines is 1. The van der Waals surface area contributed by atoms with Crippen LogP contribution in [0.4, 0.5) is 28.9 Å². The summed E-state index contributed by atoms with van der Waals surface area (Å²) in [5.41, 5.74) is -0.855. The zero-order chi connectivity index (χ0) is 23.7. The van der Waals surface area contributed by atoms with Crippen molar-refractivity contribution in [2.75, 3.05) is 31.1 Å². The largest absolute Gasteiger partial charge is 0.363 e. The lowest BCUT2D eigenvalue weighted by Gasteiger charge is -2.37. The van der Waals surface area contributed by atoms with E-state index in [9.17, 15) is 32.5 Å². The summed E-state index contributed by atoms with van der Waals surface area (Å²) in [7, 11) is 0. The molecular formula is C19H15ClF4N4O3S. The molecule has 0 radical (unpaired) electrons. The van der Waals surface area contributed by atoms with Gasteiger partial charge in [0, 0.05) is 43.4 Å². The lowest BCUT2D eigenvalue weighted by Crippen LogP contribution is -2.53. The number of halogens is 5. The summed E-state index contributed by atoms with van der Waals surface area (Å²) in [6.07, 6.45) is 0. The van der Waals surface area contributed by atoms with E-state index in [1.807, 2.05) is 0 Å². The van der Waals surface area contributed by atoms with Crippen LogP contribution in [0.1, 0.15) is 15.9 Å². The van der Waals surface area contributed by atoms with Crippen LogP contribution in [0.5, 0.6) is 0 Å². The van der Waals surface area contributed by atoms with Gasteiger partial charge in [-0.1, -0.05) is 17.7 Å². The number of benzene rings is 2. The zero-order valence-corrected chi connectivity index (χ0v) is 18.0. The number of carbonyl (C=O) groups is 1. The van der Waals surface area contributed by atoms with Crippen molar-refractivity contribution in [2.45, 2.75) is 6.92 Å². The van der Waals surface area contributed by atoms with Crippen molar-refractivity contribution in [3.63, 3.8) is 0 Å². The standard InChI is InChI=1S/C19H15ClF4N4O3S/c1-9-10(3-2-4-11(9)28(30)31)18(29)25-19(32)27-7-5-26(6-8-27)17-15(23)13(21)12(20)14(22)16(17)24/h2-4H,5-8H2,1H3,(H,25,29,32). The zero-order valence-electron chi connectivity index (χ0n) is 16.4. The molecule has 170 valence electrons. The summed E-state index contributed by atoms with van der Waals surface area (Å²) in [6, 6.07) is 4.05. The first kappa shape index (κ1) is 23.7. The predicted octanol–water partition coefficient (Wildman–Crippen LogP) is 3.95. The molecule has 1 fully saturated rings. The third-order valence-electron chi connectivity index (χ3n) is 5.04. The van der Waals surface area contributed by atoms with E-state index in [0.29, 0.717) is 0 Å². The lowest BCUT2D eigenvalue weighted by atomic mass is 10.1. The molecule has 0 spiro atoms. The molecule has 1 aliphatic heterocycles. The highest BCUT2D eigenvalue weighted by Gasteiger charge is 2.30. The molecule has 0 saturated carbocycles. The number of thiocarbonyl (C=S) groups is 1. The highest BCUT2D eigenvalue weighted by atomic mass is 35.5. The molecule has 0 unspecified atom stereocenters. The third kappa shape index (κ3) is 4.32. The first-order chi connectivity index (χ1) is 15.0. The Bertz CT molecular complexity index is 1100. The number of amides is 1. The second-order valence-electron chi connectivity index (χ2n) is 6.86. The minimum atomic E-state index is -1.68. The highest BCUT2D eigenvalue weighted by Crippen LogP contribution is 2.34. The number of nitrogens with one attached hydrogen (secondary N) is 1. The van der Waals surface area contributed by atoms with Crippen molar-refractivity contribution in [3.8, 4) is 0 Å². The van der Waals surface area contributed by atoms with Gasteiger partial charge >= 0.3 is 0 Å². The summed E-state index contributed by atoms with van der Waals surface area (Å²) >= 11 is 10.4. The van der Waals surface area contributed by atoms with Crippen LogP contribution in [0.25, 0.3) is 0 Å². The molecule has 1 aliphatic rings. The average Bonchev–Trinajstić information content (AvgIpc) is 2.76. The molecule has 7 nitrogen and oxygen atoms in total. The van der Waals surface area contributed by atoms with Gasteiger partial charge in [0.25, 0.3) is 11.6 Å². The van der Waals surface area contributed by atoms with Gasteiger partial charge in [0.1, 0.15) is 10.7 Å². The Hall–Kier alpha value is -2.99. The van der Waals surface area contributed by atoms with Gasteiger partial charge in [-0.3, -0.25) is 20.2 Å². The molecule has 3 rings (SSSR count). The van der Waals surface area contributed by atoms with Crippen LogP contribution in [0, 0.1) is 40.3 Å². The van der Waals surface area contributed by atoms with Crippen molar-refractivity contribution in [1.82, 2.24) is 10.2 Å². The number of carbonyl (C=O) groups excluding carboxylic acids is 1. The van der Waals surface area contributed by atoms with Gasteiger partial charge in [-0.25, -0.2) is 17.6 Å². The molecule has 1 saturated heterocycles. The fourth-order valence-corrected chi connectivity index (χ4v) is 3.76. The molecule has 1 N–H and O–H groups in total. The maximum Gasteiger partial charge on any atom is 0.273 e. The molecule has 0 aliphatic carbocycles. The van der Waals surface area contributed by atoms with Gasteiger partial charge < -0.3 is 9.80 Å². The average molecular weight is 491 g/mol. The SMILES string of the molecule is Cc1c(C(=O)NC(=S)N2CCN(c3c(F)c(F)c(Cl)c(F)c3F)CC2)cccc1[N+](=O)[O-]. The molecule has 0 atom stereocenters.